The van der Waals surface area contributed by atoms with Gasteiger partial charge in [0, 0.05) is 19.3 Å². The lowest BCUT2D eigenvalue weighted by atomic mass is 10.1. The van der Waals surface area contributed by atoms with Crippen molar-refractivity contribution < 1.29 is 13.2 Å². The van der Waals surface area contributed by atoms with Crippen LogP contribution < -0.4 is 14.4 Å². The summed E-state index contributed by atoms with van der Waals surface area (Å²) in [6, 6.07) is 5.10. The predicted octanol–water partition coefficient (Wildman–Crippen LogP) is 2.18. The van der Waals surface area contributed by atoms with Crippen LogP contribution >= 0.6 is 0 Å². The molecular formula is C18H24N4O3S. The normalized spacial score (nSPS) is 14.7. The van der Waals surface area contributed by atoms with E-state index in [-0.39, 0.29) is 11.4 Å². The minimum Gasteiger partial charge on any atom is -0.496 e. The summed E-state index contributed by atoms with van der Waals surface area (Å²) in [4.78, 5) is 11.2. The molecule has 0 bridgehead atoms. The summed E-state index contributed by atoms with van der Waals surface area (Å²) in [5.41, 5.74) is 2.06. The average molecular weight is 376 g/mol. The molecule has 7 nitrogen and oxygen atoms in total. The smallest absolute Gasteiger partial charge is 0.241 e. The molecule has 0 unspecified atom stereocenters. The van der Waals surface area contributed by atoms with E-state index in [2.05, 4.69) is 19.6 Å². The third-order valence-corrected chi connectivity index (χ3v) is 6.06. The number of aryl methyl sites for hydroxylation is 2. The Morgan fingerprint density at radius 2 is 1.92 bits per heavy atom. The second-order valence-corrected chi connectivity index (χ2v) is 8.19. The molecule has 1 aliphatic heterocycles. The Balaban J connectivity index is 1.76. The van der Waals surface area contributed by atoms with E-state index >= 15 is 0 Å². The van der Waals surface area contributed by atoms with Gasteiger partial charge in [0.1, 0.15) is 5.75 Å². The lowest BCUT2D eigenvalue weighted by molar-refractivity contribution is 0.411. The molecule has 26 heavy (non-hydrogen) atoms. The van der Waals surface area contributed by atoms with Crippen LogP contribution in [0, 0.1) is 13.8 Å². The van der Waals surface area contributed by atoms with Gasteiger partial charge in [-0.05, 0) is 56.0 Å². The molecule has 8 heteroatoms. The van der Waals surface area contributed by atoms with Gasteiger partial charge in [-0.3, -0.25) is 0 Å². The lowest BCUT2D eigenvalue weighted by Gasteiger charge is -2.16. The Kier molecular flexibility index (Phi) is 5.43. The maximum atomic E-state index is 12.7. The molecule has 1 aromatic heterocycles. The standard InChI is InChI=1S/C18H24N4O3S/c1-13-11-17(14(2)10-16(13)25-3)26(23,24)20-12-15-6-7-19-18(21-15)22-8-4-5-9-22/h6-7,10-11,20H,4-5,8-9,12H2,1-3H3. The Labute approximate surface area is 154 Å². The fourth-order valence-electron chi connectivity index (χ4n) is 3.07. The van der Waals surface area contributed by atoms with E-state index in [9.17, 15) is 8.42 Å². The van der Waals surface area contributed by atoms with Crippen molar-refractivity contribution in [3.63, 3.8) is 0 Å². The molecule has 1 aliphatic rings. The summed E-state index contributed by atoms with van der Waals surface area (Å²) in [5, 5.41) is 0. The number of rotatable bonds is 6. The van der Waals surface area contributed by atoms with E-state index in [4.69, 9.17) is 4.74 Å². The van der Waals surface area contributed by atoms with Gasteiger partial charge in [0.25, 0.3) is 0 Å². The maximum absolute atomic E-state index is 12.7. The van der Waals surface area contributed by atoms with Gasteiger partial charge in [0.05, 0.1) is 24.2 Å². The summed E-state index contributed by atoms with van der Waals surface area (Å²) >= 11 is 0. The molecule has 0 spiro atoms. The summed E-state index contributed by atoms with van der Waals surface area (Å²) < 4.78 is 33.3. The van der Waals surface area contributed by atoms with Crippen molar-refractivity contribution in [2.45, 2.75) is 38.1 Å². The van der Waals surface area contributed by atoms with Crippen molar-refractivity contribution in [3.8, 4) is 5.75 Å². The highest BCUT2D eigenvalue weighted by Crippen LogP contribution is 2.25. The number of sulfonamides is 1. The summed E-state index contributed by atoms with van der Waals surface area (Å²) in [5.74, 6) is 1.34. The summed E-state index contributed by atoms with van der Waals surface area (Å²) in [6.45, 7) is 5.59. The maximum Gasteiger partial charge on any atom is 0.241 e. The largest absolute Gasteiger partial charge is 0.496 e. The van der Waals surface area contributed by atoms with E-state index in [1.54, 1.807) is 38.4 Å². The van der Waals surface area contributed by atoms with E-state index in [0.717, 1.165) is 31.5 Å². The molecule has 1 saturated heterocycles. The van der Waals surface area contributed by atoms with Crippen LogP contribution in [0.3, 0.4) is 0 Å². The van der Waals surface area contributed by atoms with Crippen molar-refractivity contribution in [1.82, 2.24) is 14.7 Å². The van der Waals surface area contributed by atoms with E-state index in [1.165, 1.54) is 0 Å². The zero-order valence-corrected chi connectivity index (χ0v) is 16.1. The van der Waals surface area contributed by atoms with Crippen LogP contribution in [0.15, 0.2) is 29.3 Å². The molecule has 1 aromatic carbocycles. The molecule has 0 amide bonds. The number of ether oxygens (including phenoxy) is 1. The van der Waals surface area contributed by atoms with Gasteiger partial charge in [-0.15, -0.1) is 0 Å². The van der Waals surface area contributed by atoms with E-state index in [1.807, 2.05) is 6.92 Å². The molecular weight excluding hydrogens is 352 g/mol. The first-order chi connectivity index (χ1) is 12.4. The molecule has 0 aliphatic carbocycles. The van der Waals surface area contributed by atoms with Crippen molar-refractivity contribution in [2.75, 3.05) is 25.1 Å². The SMILES string of the molecule is COc1cc(C)c(S(=O)(=O)NCc2ccnc(N3CCCC3)n2)cc1C. The Morgan fingerprint density at radius 3 is 2.62 bits per heavy atom. The molecule has 1 N–H and O–H groups in total. The third-order valence-electron chi connectivity index (χ3n) is 4.51. The van der Waals surface area contributed by atoms with Crippen molar-refractivity contribution in [1.29, 1.82) is 0 Å². The van der Waals surface area contributed by atoms with Crippen molar-refractivity contribution >= 4 is 16.0 Å². The van der Waals surface area contributed by atoms with Gasteiger partial charge >= 0.3 is 0 Å². The van der Waals surface area contributed by atoms with Gasteiger partial charge in [0.2, 0.25) is 16.0 Å². The zero-order chi connectivity index (χ0) is 18.7. The van der Waals surface area contributed by atoms with Crippen LogP contribution in [-0.4, -0.2) is 38.6 Å². The number of nitrogens with one attached hydrogen (secondary N) is 1. The molecule has 3 rings (SSSR count). The number of hydrogen-bond donors (Lipinski definition) is 1. The van der Waals surface area contributed by atoms with Gasteiger partial charge in [-0.2, -0.15) is 0 Å². The van der Waals surface area contributed by atoms with Gasteiger partial charge in [0.15, 0.2) is 0 Å². The fourth-order valence-corrected chi connectivity index (χ4v) is 4.38. The molecule has 0 radical (unpaired) electrons. The minimum atomic E-state index is -3.65. The summed E-state index contributed by atoms with van der Waals surface area (Å²) in [7, 11) is -2.08. The Hall–Kier alpha value is -2.19. The Morgan fingerprint density at radius 1 is 1.19 bits per heavy atom. The van der Waals surface area contributed by atoms with Gasteiger partial charge in [-0.1, -0.05) is 0 Å². The van der Waals surface area contributed by atoms with Crippen LogP contribution in [0.5, 0.6) is 5.75 Å². The number of anilines is 1. The first-order valence-corrected chi connectivity index (χ1v) is 10.1. The number of aromatic nitrogens is 2. The lowest BCUT2D eigenvalue weighted by Crippen LogP contribution is -2.26. The van der Waals surface area contributed by atoms with Crippen molar-refractivity contribution in [2.24, 2.45) is 0 Å². The second kappa shape index (κ2) is 7.59. The highest BCUT2D eigenvalue weighted by atomic mass is 32.2. The molecule has 0 atom stereocenters. The summed E-state index contributed by atoms with van der Waals surface area (Å²) in [6.07, 6.45) is 3.94. The van der Waals surface area contributed by atoms with Crippen LogP contribution in [-0.2, 0) is 16.6 Å². The zero-order valence-electron chi connectivity index (χ0n) is 15.3. The first-order valence-electron chi connectivity index (χ1n) is 8.62. The topological polar surface area (TPSA) is 84.4 Å². The molecule has 1 fully saturated rings. The Bertz CT molecular complexity index is 893. The molecule has 2 aromatic rings. The van der Waals surface area contributed by atoms with Crippen LogP contribution in [0.4, 0.5) is 5.95 Å². The number of benzene rings is 1. The number of nitrogens with zero attached hydrogens (tertiary/aromatic N) is 3. The van der Waals surface area contributed by atoms with Gasteiger partial charge < -0.3 is 9.64 Å². The second-order valence-electron chi connectivity index (χ2n) is 6.45. The van der Waals surface area contributed by atoms with Crippen LogP contribution in [0.1, 0.15) is 29.7 Å². The van der Waals surface area contributed by atoms with E-state index in [0.29, 0.717) is 23.0 Å². The molecule has 2 heterocycles. The third kappa shape index (κ3) is 3.96. The average Bonchev–Trinajstić information content (AvgIpc) is 3.16. The number of methoxy groups -OCH3 is 1. The molecule has 0 saturated carbocycles. The van der Waals surface area contributed by atoms with Gasteiger partial charge in [-0.25, -0.2) is 23.1 Å². The monoisotopic (exact) mass is 376 g/mol. The van der Waals surface area contributed by atoms with Crippen molar-refractivity contribution in [3.05, 3.63) is 41.2 Å². The van der Waals surface area contributed by atoms with Crippen LogP contribution in [0.25, 0.3) is 0 Å². The van der Waals surface area contributed by atoms with Crippen LogP contribution in [0.2, 0.25) is 0 Å². The fraction of sp³-hybridized carbons (Fsp3) is 0.444. The highest BCUT2D eigenvalue weighted by Gasteiger charge is 2.20. The van der Waals surface area contributed by atoms with E-state index < -0.39 is 10.0 Å². The predicted molar refractivity (Wildman–Crippen MR) is 100.0 cm³/mol. The number of hydrogen-bond acceptors (Lipinski definition) is 6. The highest BCUT2D eigenvalue weighted by molar-refractivity contribution is 7.89. The first kappa shape index (κ1) is 18.6. The minimum absolute atomic E-state index is 0.121. The quantitative estimate of drug-likeness (QED) is 0.832. The molecule has 140 valence electrons.